The maximum Gasteiger partial charge on any atom is 0.262 e. The minimum absolute atomic E-state index is 0.0167. The Hall–Kier alpha value is -0.290. The van der Waals surface area contributed by atoms with Crippen LogP contribution in [-0.2, 0) is 12.2 Å². The number of halogens is 1. The molecule has 0 fully saturated rings. The fourth-order valence-electron chi connectivity index (χ4n) is 2.15. The van der Waals surface area contributed by atoms with Crippen molar-refractivity contribution in [2.75, 3.05) is 0 Å². The predicted octanol–water partition coefficient (Wildman–Crippen LogP) is 6.24. The molecule has 0 saturated carbocycles. The van der Waals surface area contributed by atoms with Crippen LogP contribution in [0.3, 0.4) is 0 Å². The van der Waals surface area contributed by atoms with E-state index in [2.05, 4.69) is 31.2 Å². The van der Waals surface area contributed by atoms with Crippen LogP contribution in [0.5, 0.6) is 0 Å². The van der Waals surface area contributed by atoms with E-state index in [4.69, 9.17) is 11.6 Å². The fraction of sp³-hybridized carbons (Fsp3) is 0.438. The third kappa shape index (κ3) is 5.13. The lowest BCUT2D eigenvalue weighted by Crippen LogP contribution is -1.93. The number of benzene rings is 1. The first kappa shape index (κ1) is 17.1. The van der Waals surface area contributed by atoms with E-state index in [9.17, 15) is 4.79 Å². The van der Waals surface area contributed by atoms with E-state index in [0.29, 0.717) is 5.02 Å². The van der Waals surface area contributed by atoms with Gasteiger partial charge in [0.15, 0.2) is 0 Å². The van der Waals surface area contributed by atoms with Crippen LogP contribution in [0.15, 0.2) is 33.3 Å². The summed E-state index contributed by atoms with van der Waals surface area (Å²) in [4.78, 5) is 11.4. The van der Waals surface area contributed by atoms with E-state index in [1.165, 1.54) is 57.5 Å². The smallest absolute Gasteiger partial charge is 0.262 e. The van der Waals surface area contributed by atoms with Crippen LogP contribution in [0.1, 0.15) is 43.7 Å². The molecule has 0 aliphatic rings. The number of thioether (sulfide) groups is 1. The lowest BCUT2D eigenvalue weighted by Gasteiger charge is -2.08. The second-order valence-corrected chi connectivity index (χ2v) is 8.66. The van der Waals surface area contributed by atoms with Crippen LogP contribution in [-0.4, -0.2) is 0 Å². The summed E-state index contributed by atoms with van der Waals surface area (Å²) in [5.41, 5.74) is 2.79. The normalized spacial score (nSPS) is 11.0. The molecule has 1 aromatic heterocycles. The summed E-state index contributed by atoms with van der Waals surface area (Å²) in [6, 6.07) is 8.60. The van der Waals surface area contributed by atoms with E-state index in [1.807, 2.05) is 0 Å². The van der Waals surface area contributed by atoms with Gasteiger partial charge < -0.3 is 0 Å². The highest BCUT2D eigenvalue weighted by Crippen LogP contribution is 2.34. The topological polar surface area (TPSA) is 17.1 Å². The van der Waals surface area contributed by atoms with Gasteiger partial charge in [-0.2, -0.15) is 0 Å². The zero-order chi connectivity index (χ0) is 15.1. The third-order valence-corrected chi connectivity index (χ3v) is 7.87. The summed E-state index contributed by atoms with van der Waals surface area (Å²) in [7, 11) is 2.71. The van der Waals surface area contributed by atoms with Gasteiger partial charge in [-0.15, -0.1) is 11.8 Å². The molecule has 2 rings (SSSR count). The Morgan fingerprint density at radius 2 is 1.86 bits per heavy atom. The standard InChI is InChI=1S/C16H19ClOS3/c1-2-3-4-5-8-12-9-6-7-10-13(12)11-19-16-14(17)15(18)20-21-16/h6-7,9-10H,2-5,8,11H2,1H3. The molecular weight excluding hydrogens is 340 g/mol. The quantitative estimate of drug-likeness (QED) is 0.315. The van der Waals surface area contributed by atoms with Crippen LogP contribution in [0, 0.1) is 0 Å². The summed E-state index contributed by atoms with van der Waals surface area (Å²) < 4.78 is 0.935. The van der Waals surface area contributed by atoms with E-state index in [0.717, 1.165) is 16.4 Å². The molecule has 0 atom stereocenters. The molecule has 1 aromatic carbocycles. The minimum atomic E-state index is -0.0167. The lowest BCUT2D eigenvalue weighted by molar-refractivity contribution is 0.665. The molecule has 0 aliphatic heterocycles. The highest BCUT2D eigenvalue weighted by molar-refractivity contribution is 8.02. The summed E-state index contributed by atoms with van der Waals surface area (Å²) >= 11 is 7.70. The molecule has 1 nitrogen and oxygen atoms in total. The predicted molar refractivity (Wildman–Crippen MR) is 97.3 cm³/mol. The van der Waals surface area contributed by atoms with E-state index in [-0.39, 0.29) is 4.74 Å². The zero-order valence-electron chi connectivity index (χ0n) is 12.1. The summed E-state index contributed by atoms with van der Waals surface area (Å²) in [6.07, 6.45) is 6.28. The van der Waals surface area contributed by atoms with Gasteiger partial charge in [0.1, 0.15) is 5.02 Å². The molecule has 1 heterocycles. The van der Waals surface area contributed by atoms with Crippen LogP contribution < -0.4 is 4.74 Å². The van der Waals surface area contributed by atoms with Gasteiger partial charge >= 0.3 is 0 Å². The van der Waals surface area contributed by atoms with Crippen molar-refractivity contribution >= 4 is 44.0 Å². The molecule has 0 aliphatic carbocycles. The van der Waals surface area contributed by atoms with Crippen molar-refractivity contribution in [1.29, 1.82) is 0 Å². The van der Waals surface area contributed by atoms with Gasteiger partial charge in [0.05, 0.1) is 4.21 Å². The Balaban J connectivity index is 1.96. The number of aryl methyl sites for hydroxylation is 1. The molecule has 21 heavy (non-hydrogen) atoms. The summed E-state index contributed by atoms with van der Waals surface area (Å²) in [5.74, 6) is 0.885. The van der Waals surface area contributed by atoms with Gasteiger partial charge in [0, 0.05) is 5.75 Å². The Morgan fingerprint density at radius 3 is 2.52 bits per heavy atom. The molecule has 114 valence electrons. The monoisotopic (exact) mass is 358 g/mol. The molecule has 0 radical (unpaired) electrons. The Kier molecular flexibility index (Phi) is 7.30. The molecular formula is C16H19ClOS3. The van der Waals surface area contributed by atoms with Crippen molar-refractivity contribution in [1.82, 2.24) is 0 Å². The first-order valence-corrected chi connectivity index (χ1v) is 10.7. The number of unbranched alkanes of at least 4 members (excludes halogenated alkanes) is 3. The average Bonchev–Trinajstić information content (AvgIpc) is 2.82. The lowest BCUT2D eigenvalue weighted by atomic mass is 10.0. The largest absolute Gasteiger partial charge is 0.275 e. The molecule has 0 bridgehead atoms. The van der Waals surface area contributed by atoms with Crippen molar-refractivity contribution in [2.24, 2.45) is 0 Å². The molecule has 0 unspecified atom stereocenters. The Labute approximate surface area is 142 Å². The van der Waals surface area contributed by atoms with Crippen LogP contribution in [0.25, 0.3) is 0 Å². The minimum Gasteiger partial charge on any atom is -0.275 e. The molecule has 0 amide bonds. The van der Waals surface area contributed by atoms with Crippen molar-refractivity contribution in [2.45, 2.75) is 49.0 Å². The summed E-state index contributed by atoms with van der Waals surface area (Å²) in [5, 5.41) is 0.399. The number of hydrogen-bond donors (Lipinski definition) is 0. The second kappa shape index (κ2) is 8.99. The molecule has 0 spiro atoms. The maximum atomic E-state index is 11.4. The molecule has 0 N–H and O–H groups in total. The van der Waals surface area contributed by atoms with E-state index < -0.39 is 0 Å². The maximum absolute atomic E-state index is 11.4. The second-order valence-electron chi connectivity index (χ2n) is 4.92. The fourth-order valence-corrected chi connectivity index (χ4v) is 6.29. The zero-order valence-corrected chi connectivity index (χ0v) is 15.3. The molecule has 0 saturated heterocycles. The Morgan fingerprint density at radius 1 is 1.10 bits per heavy atom. The molecule has 2 aromatic rings. The van der Waals surface area contributed by atoms with Crippen molar-refractivity contribution < 1.29 is 0 Å². The van der Waals surface area contributed by atoms with Gasteiger partial charge in [0.2, 0.25) is 0 Å². The Bertz CT molecular complexity index is 618. The van der Waals surface area contributed by atoms with E-state index in [1.54, 1.807) is 11.8 Å². The number of hydrogen-bond acceptors (Lipinski definition) is 4. The van der Waals surface area contributed by atoms with Crippen LogP contribution >= 0.6 is 44.0 Å². The SMILES string of the molecule is CCCCCCc1ccccc1CSc1ssc(=O)c1Cl. The first-order chi connectivity index (χ1) is 10.2. The van der Waals surface area contributed by atoms with Gasteiger partial charge in [-0.05, 0) is 34.3 Å². The molecule has 5 heteroatoms. The first-order valence-electron chi connectivity index (χ1n) is 7.20. The van der Waals surface area contributed by atoms with Crippen LogP contribution in [0.4, 0.5) is 0 Å². The number of rotatable bonds is 8. The van der Waals surface area contributed by atoms with Gasteiger partial charge in [0.25, 0.3) is 4.74 Å². The van der Waals surface area contributed by atoms with Gasteiger partial charge in [-0.3, -0.25) is 4.79 Å². The highest BCUT2D eigenvalue weighted by Gasteiger charge is 2.10. The highest BCUT2D eigenvalue weighted by atomic mass is 35.5. The summed E-state index contributed by atoms with van der Waals surface area (Å²) in [6.45, 7) is 2.24. The van der Waals surface area contributed by atoms with Crippen LogP contribution in [0.2, 0.25) is 5.02 Å². The third-order valence-electron chi connectivity index (χ3n) is 3.33. The van der Waals surface area contributed by atoms with Crippen molar-refractivity contribution in [3.8, 4) is 0 Å². The van der Waals surface area contributed by atoms with Crippen molar-refractivity contribution in [3.05, 3.63) is 50.0 Å². The van der Waals surface area contributed by atoms with Crippen molar-refractivity contribution in [3.63, 3.8) is 0 Å². The van der Waals surface area contributed by atoms with Gasteiger partial charge in [-0.1, -0.05) is 72.4 Å². The van der Waals surface area contributed by atoms with E-state index >= 15 is 0 Å². The van der Waals surface area contributed by atoms with Gasteiger partial charge in [-0.25, -0.2) is 0 Å². The average molecular weight is 359 g/mol.